The van der Waals surface area contributed by atoms with E-state index in [0.29, 0.717) is 6.61 Å². The highest BCUT2D eigenvalue weighted by Gasteiger charge is 2.51. The minimum absolute atomic E-state index is 0.139. The molecule has 0 N–H and O–H groups in total. The summed E-state index contributed by atoms with van der Waals surface area (Å²) >= 11 is 5.70. The lowest BCUT2D eigenvalue weighted by atomic mass is 9.98. The number of esters is 3. The van der Waals surface area contributed by atoms with Gasteiger partial charge in [-0.1, -0.05) is 50.0 Å². The standard InChI is InChI=1S/C24H35ClO9Si/c1-16(26)30-15-19-21(32-17(2)27)22(31-14-18-9-7-6-8-10-18)23(34-20(28)13-25)24(33-19)29-11-12-35(3,4)5/h6-10,19,21-24H,11-15H2,1-5H3/t19-,21-,22+,23-,24-/m1/s1. The minimum atomic E-state index is -1.44. The average molecular weight is 531 g/mol. The van der Waals surface area contributed by atoms with Gasteiger partial charge in [-0.15, -0.1) is 11.6 Å². The van der Waals surface area contributed by atoms with Gasteiger partial charge in [0.15, 0.2) is 18.5 Å². The summed E-state index contributed by atoms with van der Waals surface area (Å²) in [5, 5.41) is 0. The van der Waals surface area contributed by atoms with E-state index in [4.69, 9.17) is 40.0 Å². The van der Waals surface area contributed by atoms with Crippen LogP contribution in [0.4, 0.5) is 0 Å². The smallest absolute Gasteiger partial charge is 0.321 e. The van der Waals surface area contributed by atoms with Gasteiger partial charge in [0.25, 0.3) is 0 Å². The fourth-order valence-corrected chi connectivity index (χ4v) is 4.22. The van der Waals surface area contributed by atoms with Crippen LogP contribution < -0.4 is 0 Å². The summed E-state index contributed by atoms with van der Waals surface area (Å²) in [6.07, 6.45) is -5.06. The summed E-state index contributed by atoms with van der Waals surface area (Å²) in [6.45, 7) is 9.41. The third-order valence-electron chi connectivity index (χ3n) is 5.14. The van der Waals surface area contributed by atoms with E-state index in [0.717, 1.165) is 11.6 Å². The van der Waals surface area contributed by atoms with Crippen molar-refractivity contribution >= 4 is 37.6 Å². The van der Waals surface area contributed by atoms with Crippen LogP contribution in [0, 0.1) is 0 Å². The van der Waals surface area contributed by atoms with Gasteiger partial charge in [0.1, 0.15) is 24.7 Å². The van der Waals surface area contributed by atoms with Crippen LogP contribution in [0.3, 0.4) is 0 Å². The molecule has 1 aliphatic rings. The van der Waals surface area contributed by atoms with E-state index >= 15 is 0 Å². The Morgan fingerprint density at radius 3 is 2.20 bits per heavy atom. The van der Waals surface area contributed by atoms with E-state index in [1.54, 1.807) is 0 Å². The lowest BCUT2D eigenvalue weighted by molar-refractivity contribution is -0.312. The molecule has 1 fully saturated rings. The average Bonchev–Trinajstić information content (AvgIpc) is 2.78. The fourth-order valence-electron chi connectivity index (χ4n) is 3.43. The zero-order chi connectivity index (χ0) is 26.0. The number of carbonyl (C=O) groups is 3. The third kappa shape index (κ3) is 10.3. The van der Waals surface area contributed by atoms with E-state index in [1.165, 1.54) is 13.8 Å². The molecule has 35 heavy (non-hydrogen) atoms. The number of carbonyl (C=O) groups excluding carboxylic acids is 3. The first-order valence-corrected chi connectivity index (χ1v) is 15.7. The molecule has 0 saturated carbocycles. The predicted molar refractivity (Wildman–Crippen MR) is 131 cm³/mol. The molecule has 1 aromatic carbocycles. The van der Waals surface area contributed by atoms with Gasteiger partial charge in [-0.25, -0.2) is 0 Å². The van der Waals surface area contributed by atoms with Crippen molar-refractivity contribution in [2.75, 3.05) is 19.1 Å². The van der Waals surface area contributed by atoms with Gasteiger partial charge >= 0.3 is 17.9 Å². The SMILES string of the molecule is CC(=O)OC[C@H]1O[C@@H](OCC[Si](C)(C)C)[C@H](OC(=O)CCl)[C@@H](OCc2ccccc2)[C@@H]1OC(C)=O. The molecule has 0 amide bonds. The second-order valence-electron chi connectivity index (χ2n) is 9.45. The molecule has 1 saturated heterocycles. The first kappa shape index (κ1) is 29.2. The molecule has 2 rings (SSSR count). The number of ether oxygens (including phenoxy) is 6. The van der Waals surface area contributed by atoms with E-state index in [9.17, 15) is 14.4 Å². The third-order valence-corrected chi connectivity index (χ3v) is 7.06. The molecular formula is C24H35ClO9Si. The highest BCUT2D eigenvalue weighted by Crippen LogP contribution is 2.31. The Morgan fingerprint density at radius 2 is 1.63 bits per heavy atom. The van der Waals surface area contributed by atoms with Crippen LogP contribution in [0.5, 0.6) is 0 Å². The highest BCUT2D eigenvalue weighted by molar-refractivity contribution is 6.76. The first-order chi connectivity index (χ1) is 16.5. The summed E-state index contributed by atoms with van der Waals surface area (Å²) in [4.78, 5) is 35.7. The quantitative estimate of drug-likeness (QED) is 0.174. The van der Waals surface area contributed by atoms with E-state index < -0.39 is 62.6 Å². The summed E-state index contributed by atoms with van der Waals surface area (Å²) < 4.78 is 34.5. The number of hydrogen-bond donors (Lipinski definition) is 0. The van der Waals surface area contributed by atoms with Crippen molar-refractivity contribution in [3.63, 3.8) is 0 Å². The Morgan fingerprint density at radius 1 is 0.943 bits per heavy atom. The number of hydrogen-bond acceptors (Lipinski definition) is 9. The lowest BCUT2D eigenvalue weighted by Gasteiger charge is -2.44. The summed E-state index contributed by atoms with van der Waals surface area (Å²) in [5.74, 6) is -2.21. The van der Waals surface area contributed by atoms with Crippen LogP contribution in [-0.2, 0) is 49.4 Å². The molecule has 0 bridgehead atoms. The second kappa shape index (κ2) is 13.9. The number of rotatable bonds is 12. The van der Waals surface area contributed by atoms with Crippen molar-refractivity contribution in [2.24, 2.45) is 0 Å². The molecule has 0 radical (unpaired) electrons. The molecule has 1 heterocycles. The van der Waals surface area contributed by atoms with Gasteiger partial charge in [-0.2, -0.15) is 0 Å². The fraction of sp³-hybridized carbons (Fsp3) is 0.625. The monoisotopic (exact) mass is 530 g/mol. The van der Waals surface area contributed by atoms with Crippen LogP contribution >= 0.6 is 11.6 Å². The Hall–Kier alpha value is -1.98. The van der Waals surface area contributed by atoms with Crippen molar-refractivity contribution < 1.29 is 42.8 Å². The van der Waals surface area contributed by atoms with E-state index in [1.807, 2.05) is 30.3 Å². The topological polar surface area (TPSA) is 107 Å². The van der Waals surface area contributed by atoms with E-state index in [2.05, 4.69) is 19.6 Å². The second-order valence-corrected chi connectivity index (χ2v) is 15.3. The van der Waals surface area contributed by atoms with Crippen molar-refractivity contribution in [1.82, 2.24) is 0 Å². The van der Waals surface area contributed by atoms with Gasteiger partial charge in [-0.05, 0) is 11.6 Å². The van der Waals surface area contributed by atoms with Crippen LogP contribution in [0.15, 0.2) is 30.3 Å². The Kier molecular flexibility index (Phi) is 11.6. The molecule has 5 atom stereocenters. The number of benzene rings is 1. The molecule has 0 aliphatic carbocycles. The Balaban J connectivity index is 2.38. The largest absolute Gasteiger partial charge is 0.463 e. The Labute approximate surface area is 212 Å². The van der Waals surface area contributed by atoms with Crippen molar-refractivity contribution in [1.29, 1.82) is 0 Å². The summed E-state index contributed by atoms with van der Waals surface area (Å²) in [7, 11) is -1.44. The van der Waals surface area contributed by atoms with Crippen LogP contribution in [0.1, 0.15) is 19.4 Å². The molecular weight excluding hydrogens is 496 g/mol. The molecule has 0 unspecified atom stereocenters. The first-order valence-electron chi connectivity index (χ1n) is 11.5. The molecule has 0 spiro atoms. The van der Waals surface area contributed by atoms with Crippen LogP contribution in [-0.4, -0.2) is 75.8 Å². The molecule has 196 valence electrons. The maximum Gasteiger partial charge on any atom is 0.321 e. The molecule has 9 nitrogen and oxygen atoms in total. The van der Waals surface area contributed by atoms with Gasteiger partial charge in [0.2, 0.25) is 0 Å². The molecule has 1 aromatic rings. The lowest BCUT2D eigenvalue weighted by Crippen LogP contribution is -2.62. The zero-order valence-electron chi connectivity index (χ0n) is 20.9. The zero-order valence-corrected chi connectivity index (χ0v) is 22.6. The van der Waals surface area contributed by atoms with Gasteiger partial charge < -0.3 is 28.4 Å². The maximum atomic E-state index is 12.2. The van der Waals surface area contributed by atoms with Crippen molar-refractivity contribution in [2.45, 2.75) is 76.8 Å². The predicted octanol–water partition coefficient (Wildman–Crippen LogP) is 3.30. The van der Waals surface area contributed by atoms with Gasteiger partial charge in [-0.3, -0.25) is 14.4 Å². The Bertz CT molecular complexity index is 830. The number of halogens is 1. The number of alkyl halides is 1. The molecule has 11 heteroatoms. The molecule has 1 aliphatic heterocycles. The van der Waals surface area contributed by atoms with E-state index in [-0.39, 0.29) is 13.2 Å². The molecule has 0 aromatic heterocycles. The maximum absolute atomic E-state index is 12.2. The van der Waals surface area contributed by atoms with Gasteiger partial charge in [0, 0.05) is 28.5 Å². The minimum Gasteiger partial charge on any atom is -0.463 e. The summed E-state index contributed by atoms with van der Waals surface area (Å²) in [6, 6.07) is 10.2. The van der Waals surface area contributed by atoms with Crippen molar-refractivity contribution in [3.8, 4) is 0 Å². The van der Waals surface area contributed by atoms with Gasteiger partial charge in [0.05, 0.1) is 6.61 Å². The van der Waals surface area contributed by atoms with Crippen LogP contribution in [0.2, 0.25) is 25.7 Å². The highest BCUT2D eigenvalue weighted by atomic mass is 35.5. The summed E-state index contributed by atoms with van der Waals surface area (Å²) in [5.41, 5.74) is 0.857. The van der Waals surface area contributed by atoms with Crippen molar-refractivity contribution in [3.05, 3.63) is 35.9 Å². The normalized spacial score (nSPS) is 24.5. The van der Waals surface area contributed by atoms with Crippen LogP contribution in [0.25, 0.3) is 0 Å².